The van der Waals surface area contributed by atoms with Gasteiger partial charge in [-0.05, 0) is 59.3 Å². The molecule has 0 spiro atoms. The Morgan fingerprint density at radius 2 is 2.08 bits per heavy atom. The van der Waals surface area contributed by atoms with E-state index in [0.717, 1.165) is 17.7 Å². The van der Waals surface area contributed by atoms with Gasteiger partial charge in [0.15, 0.2) is 0 Å². The van der Waals surface area contributed by atoms with Gasteiger partial charge in [0.2, 0.25) is 0 Å². The third kappa shape index (κ3) is 4.21. The Morgan fingerprint density at radius 3 is 2.88 bits per heavy atom. The maximum absolute atomic E-state index is 12.2. The number of rotatable bonds is 5. The fourth-order valence-corrected chi connectivity index (χ4v) is 4.14. The lowest BCUT2D eigenvalue weighted by molar-refractivity contribution is 0.0502. The van der Waals surface area contributed by atoms with Gasteiger partial charge >= 0.3 is 5.97 Å². The average Bonchev–Trinajstić information content (AvgIpc) is 3.02. The lowest BCUT2D eigenvalue weighted by Crippen LogP contribution is -2.27. The van der Waals surface area contributed by atoms with Gasteiger partial charge in [0, 0.05) is 21.7 Å². The monoisotopic (exact) mass is 408 g/mol. The van der Waals surface area contributed by atoms with Gasteiger partial charge in [0.1, 0.15) is 6.61 Å². The van der Waals surface area contributed by atoms with Crippen molar-refractivity contribution in [2.45, 2.75) is 25.7 Å². The molecule has 1 amide bonds. The molecule has 2 aromatic heterocycles. The zero-order valence-electron chi connectivity index (χ0n) is 13.0. The van der Waals surface area contributed by atoms with Crippen LogP contribution in [0.1, 0.15) is 43.3 Å². The number of amides is 1. The van der Waals surface area contributed by atoms with Crippen molar-refractivity contribution in [3.8, 4) is 0 Å². The molecule has 0 unspecified atom stereocenters. The minimum absolute atomic E-state index is 0.102. The Labute approximate surface area is 152 Å². The number of carbonyl (C=O) groups excluding carboxylic acids is 2. The number of aryl methyl sites for hydroxylation is 2. The number of fused-ring (bicyclic) bond motifs is 1. The molecule has 126 valence electrons. The second kappa shape index (κ2) is 7.90. The number of nitrogens with zero attached hydrogens (tertiary/aromatic N) is 1. The number of esters is 1. The Morgan fingerprint density at radius 1 is 1.25 bits per heavy atom. The molecule has 0 radical (unpaired) electrons. The fraction of sp³-hybridized carbons (Fsp3) is 0.353. The molecule has 5 nitrogen and oxygen atoms in total. The third-order valence-electron chi connectivity index (χ3n) is 3.78. The van der Waals surface area contributed by atoms with Gasteiger partial charge in [0.25, 0.3) is 5.91 Å². The summed E-state index contributed by atoms with van der Waals surface area (Å²) in [6.07, 6.45) is 7.59. The summed E-state index contributed by atoms with van der Waals surface area (Å²) in [5.74, 6) is -0.556. The molecule has 1 N–H and O–H groups in total. The molecular formula is C17H17BrN2O3S. The maximum atomic E-state index is 12.2. The number of halogens is 1. The smallest absolute Gasteiger partial charge is 0.339 e. The van der Waals surface area contributed by atoms with E-state index in [1.165, 1.54) is 29.5 Å². The predicted molar refractivity (Wildman–Crippen MR) is 95.5 cm³/mol. The molecule has 2 heterocycles. The number of nitrogens with one attached hydrogen (secondary N) is 1. The maximum Gasteiger partial charge on any atom is 0.339 e. The molecule has 0 saturated carbocycles. The van der Waals surface area contributed by atoms with E-state index >= 15 is 0 Å². The summed E-state index contributed by atoms with van der Waals surface area (Å²) in [5.41, 5.74) is 1.69. The zero-order chi connectivity index (χ0) is 16.9. The lowest BCUT2D eigenvalue weighted by Gasteiger charge is -2.08. The Bertz CT molecular complexity index is 737. The molecule has 1 aliphatic rings. The van der Waals surface area contributed by atoms with Crippen molar-refractivity contribution in [3.05, 3.63) is 49.9 Å². The molecule has 0 fully saturated rings. The SMILES string of the molecule is O=C(OCCNC(=O)c1cc2c(s1)CCCC2)c1cncc(Br)c1. The zero-order valence-corrected chi connectivity index (χ0v) is 15.4. The Kier molecular flexibility index (Phi) is 5.63. The minimum atomic E-state index is -0.454. The van der Waals surface area contributed by atoms with Gasteiger partial charge in [0.05, 0.1) is 17.0 Å². The van der Waals surface area contributed by atoms with Crippen LogP contribution in [0.25, 0.3) is 0 Å². The predicted octanol–water partition coefficient (Wildman–Crippen LogP) is 3.37. The van der Waals surface area contributed by atoms with Gasteiger partial charge in [-0.1, -0.05) is 0 Å². The molecular weight excluding hydrogens is 392 g/mol. The highest BCUT2D eigenvalue weighted by Crippen LogP contribution is 2.29. The van der Waals surface area contributed by atoms with Crippen LogP contribution >= 0.6 is 27.3 Å². The second-order valence-electron chi connectivity index (χ2n) is 5.55. The summed E-state index contributed by atoms with van der Waals surface area (Å²) >= 11 is 4.83. The first-order valence-electron chi connectivity index (χ1n) is 7.81. The van der Waals surface area contributed by atoms with E-state index in [2.05, 4.69) is 26.2 Å². The van der Waals surface area contributed by atoms with Crippen LogP contribution < -0.4 is 5.32 Å². The summed E-state index contributed by atoms with van der Waals surface area (Å²) in [5, 5.41) is 2.80. The van der Waals surface area contributed by atoms with Crippen LogP contribution in [0.2, 0.25) is 0 Å². The normalized spacial score (nSPS) is 13.2. The highest BCUT2D eigenvalue weighted by atomic mass is 79.9. The first kappa shape index (κ1) is 17.1. The first-order valence-corrected chi connectivity index (χ1v) is 9.42. The number of aromatic nitrogens is 1. The van der Waals surface area contributed by atoms with Crippen molar-refractivity contribution in [3.63, 3.8) is 0 Å². The van der Waals surface area contributed by atoms with E-state index in [0.29, 0.717) is 10.0 Å². The van der Waals surface area contributed by atoms with Gasteiger partial charge < -0.3 is 10.1 Å². The highest BCUT2D eigenvalue weighted by molar-refractivity contribution is 9.10. The summed E-state index contributed by atoms with van der Waals surface area (Å²) in [7, 11) is 0. The molecule has 0 atom stereocenters. The van der Waals surface area contributed by atoms with Crippen LogP contribution in [-0.2, 0) is 17.6 Å². The van der Waals surface area contributed by atoms with Crippen LogP contribution in [0, 0.1) is 0 Å². The summed E-state index contributed by atoms with van der Waals surface area (Å²) in [6.45, 7) is 0.413. The van der Waals surface area contributed by atoms with Crippen LogP contribution in [0.4, 0.5) is 0 Å². The highest BCUT2D eigenvalue weighted by Gasteiger charge is 2.17. The molecule has 0 aromatic carbocycles. The van der Waals surface area contributed by atoms with Crippen molar-refractivity contribution < 1.29 is 14.3 Å². The molecule has 1 aliphatic carbocycles. The fourth-order valence-electron chi connectivity index (χ4n) is 2.60. The second-order valence-corrected chi connectivity index (χ2v) is 7.60. The number of hydrogen-bond donors (Lipinski definition) is 1. The van der Waals surface area contributed by atoms with E-state index in [4.69, 9.17) is 4.74 Å². The van der Waals surface area contributed by atoms with Gasteiger partial charge in [-0.25, -0.2) is 4.79 Å². The largest absolute Gasteiger partial charge is 0.460 e. The van der Waals surface area contributed by atoms with Crippen LogP contribution in [0.15, 0.2) is 29.0 Å². The summed E-state index contributed by atoms with van der Waals surface area (Å²) < 4.78 is 5.85. The molecule has 2 aromatic rings. The van der Waals surface area contributed by atoms with E-state index in [1.54, 1.807) is 23.6 Å². The van der Waals surface area contributed by atoms with Crippen LogP contribution in [0.5, 0.6) is 0 Å². The number of ether oxygens (including phenoxy) is 1. The van der Waals surface area contributed by atoms with E-state index < -0.39 is 5.97 Å². The van der Waals surface area contributed by atoms with Gasteiger partial charge in [-0.2, -0.15) is 0 Å². The van der Waals surface area contributed by atoms with Crippen molar-refractivity contribution in [1.29, 1.82) is 0 Å². The van der Waals surface area contributed by atoms with Crippen molar-refractivity contribution >= 4 is 39.1 Å². The number of pyridine rings is 1. The van der Waals surface area contributed by atoms with Crippen molar-refractivity contribution in [1.82, 2.24) is 10.3 Å². The van der Waals surface area contributed by atoms with E-state index in [1.807, 2.05) is 6.07 Å². The van der Waals surface area contributed by atoms with E-state index in [9.17, 15) is 9.59 Å². The average molecular weight is 409 g/mol. The first-order chi connectivity index (χ1) is 11.6. The Balaban J connectivity index is 1.45. The molecule has 0 saturated heterocycles. The van der Waals surface area contributed by atoms with Gasteiger partial charge in [-0.15, -0.1) is 11.3 Å². The third-order valence-corrected chi connectivity index (χ3v) is 5.45. The number of thiophene rings is 1. The quantitative estimate of drug-likeness (QED) is 0.608. The lowest BCUT2D eigenvalue weighted by atomic mass is 9.99. The molecule has 3 rings (SSSR count). The summed E-state index contributed by atoms with van der Waals surface area (Å²) in [4.78, 5) is 30.0. The minimum Gasteiger partial charge on any atom is -0.460 e. The topological polar surface area (TPSA) is 68.3 Å². The van der Waals surface area contributed by atoms with E-state index in [-0.39, 0.29) is 19.1 Å². The van der Waals surface area contributed by atoms with Crippen LogP contribution in [-0.4, -0.2) is 30.0 Å². The standard InChI is InChI=1S/C17H17BrN2O3S/c18-13-7-12(9-19-10-13)17(22)23-6-5-20-16(21)15-8-11-3-1-2-4-14(11)24-15/h7-10H,1-6H2,(H,20,21). The number of carbonyl (C=O) groups is 2. The molecule has 0 bridgehead atoms. The van der Waals surface area contributed by atoms with Crippen molar-refractivity contribution in [2.75, 3.05) is 13.2 Å². The Hall–Kier alpha value is -1.73. The van der Waals surface area contributed by atoms with Crippen molar-refractivity contribution in [2.24, 2.45) is 0 Å². The molecule has 0 aliphatic heterocycles. The molecule has 7 heteroatoms. The summed E-state index contributed by atoms with van der Waals surface area (Å²) in [6, 6.07) is 3.64. The van der Waals surface area contributed by atoms with Crippen LogP contribution in [0.3, 0.4) is 0 Å². The van der Waals surface area contributed by atoms with Gasteiger partial charge in [-0.3, -0.25) is 9.78 Å². The molecule has 24 heavy (non-hydrogen) atoms. The number of hydrogen-bond acceptors (Lipinski definition) is 5.